The van der Waals surface area contributed by atoms with Crippen molar-refractivity contribution in [3.63, 3.8) is 0 Å². The summed E-state index contributed by atoms with van der Waals surface area (Å²) in [5.74, 6) is 1.43. The molecular weight excluding hydrogens is 402 g/mol. The molecule has 0 aliphatic heterocycles. The molecule has 1 aliphatic carbocycles. The van der Waals surface area contributed by atoms with Crippen LogP contribution in [0.4, 0.5) is 0 Å². The molecule has 0 bridgehead atoms. The predicted octanol–water partition coefficient (Wildman–Crippen LogP) is 3.23. The summed E-state index contributed by atoms with van der Waals surface area (Å²) in [5.41, 5.74) is 1.70. The molecule has 1 saturated carbocycles. The molecule has 30 heavy (non-hydrogen) atoms. The third kappa shape index (κ3) is 5.49. The number of ether oxygens (including phenoxy) is 1. The van der Waals surface area contributed by atoms with E-state index in [0.717, 1.165) is 37.1 Å². The number of hydrogen-bond donors (Lipinski definition) is 1. The van der Waals surface area contributed by atoms with Gasteiger partial charge in [0.2, 0.25) is 0 Å². The Hall–Kier alpha value is -1.74. The van der Waals surface area contributed by atoms with Crippen molar-refractivity contribution in [3.05, 3.63) is 17.6 Å². The van der Waals surface area contributed by atoms with Crippen molar-refractivity contribution < 1.29 is 13.2 Å². The molecule has 0 saturated heterocycles. The lowest BCUT2D eigenvalue weighted by molar-refractivity contribution is 0.0597. The fourth-order valence-corrected chi connectivity index (χ4v) is 6.18. The minimum absolute atomic E-state index is 0.0705. The highest BCUT2D eigenvalue weighted by Gasteiger charge is 2.28. The first-order chi connectivity index (χ1) is 14.0. The van der Waals surface area contributed by atoms with Gasteiger partial charge in [0.25, 0.3) is 0 Å². The van der Waals surface area contributed by atoms with E-state index < -0.39 is 9.84 Å². The molecule has 0 aromatic carbocycles. The second kappa shape index (κ2) is 8.78. The van der Waals surface area contributed by atoms with Crippen LogP contribution in [-0.2, 0) is 27.0 Å². The van der Waals surface area contributed by atoms with E-state index in [1.54, 1.807) is 11.8 Å². The van der Waals surface area contributed by atoms with Gasteiger partial charge in [0.15, 0.2) is 15.7 Å². The smallest absolute Gasteiger partial charge is 0.199 e. The Morgan fingerprint density at radius 1 is 1.27 bits per heavy atom. The molecule has 2 heterocycles. The normalized spacial score (nSPS) is 21.7. The lowest BCUT2D eigenvalue weighted by Gasteiger charge is -2.27. The van der Waals surface area contributed by atoms with Crippen LogP contribution >= 0.6 is 0 Å². The SMILES string of the molecule is COC1CCC(CS(=O)(=O)CC(C)c2nc(-c3cc(C(C)(C)C)nn3C)n[nH]2)CC1. The Bertz CT molecular complexity index is 950. The topological polar surface area (TPSA) is 103 Å². The average Bonchev–Trinajstić information content (AvgIpc) is 3.28. The summed E-state index contributed by atoms with van der Waals surface area (Å²) >= 11 is 0. The zero-order chi connectivity index (χ0) is 22.1. The summed E-state index contributed by atoms with van der Waals surface area (Å²) in [7, 11) is 0.417. The maximum absolute atomic E-state index is 12.8. The number of nitrogens with zero attached hydrogens (tertiary/aromatic N) is 4. The van der Waals surface area contributed by atoms with E-state index in [1.807, 2.05) is 20.0 Å². The fourth-order valence-electron chi connectivity index (χ4n) is 4.07. The van der Waals surface area contributed by atoms with Crippen LogP contribution in [0.15, 0.2) is 6.07 Å². The Labute approximate surface area is 179 Å². The van der Waals surface area contributed by atoms with Gasteiger partial charge in [-0.3, -0.25) is 9.78 Å². The molecule has 9 heteroatoms. The third-order valence-electron chi connectivity index (χ3n) is 5.97. The first kappa shape index (κ1) is 22.9. The molecule has 1 atom stereocenters. The highest BCUT2D eigenvalue weighted by Crippen LogP contribution is 2.29. The van der Waals surface area contributed by atoms with Crippen molar-refractivity contribution in [1.29, 1.82) is 0 Å². The van der Waals surface area contributed by atoms with Crippen molar-refractivity contribution in [1.82, 2.24) is 25.0 Å². The van der Waals surface area contributed by atoms with E-state index in [9.17, 15) is 8.42 Å². The molecule has 8 nitrogen and oxygen atoms in total. The number of sulfone groups is 1. The van der Waals surface area contributed by atoms with Gasteiger partial charge in [-0.1, -0.05) is 27.7 Å². The molecule has 1 unspecified atom stereocenters. The van der Waals surface area contributed by atoms with Crippen molar-refractivity contribution >= 4 is 9.84 Å². The van der Waals surface area contributed by atoms with Crippen molar-refractivity contribution in [2.45, 2.75) is 70.8 Å². The second-order valence-corrected chi connectivity index (χ2v) is 11.8. The van der Waals surface area contributed by atoms with E-state index in [2.05, 4.69) is 41.1 Å². The second-order valence-electron chi connectivity index (χ2n) is 9.69. The summed E-state index contributed by atoms with van der Waals surface area (Å²) < 4.78 is 32.7. The summed E-state index contributed by atoms with van der Waals surface area (Å²) in [6.45, 7) is 8.21. The monoisotopic (exact) mass is 437 g/mol. The maximum Gasteiger partial charge on any atom is 0.199 e. The quantitative estimate of drug-likeness (QED) is 0.713. The standard InChI is InChI=1S/C21H35N5O3S/c1-14(12-30(27,28)13-15-7-9-16(29-6)10-8-15)19-22-20(24-23-19)17-11-18(21(2,3)4)25-26(17)5/h11,14-16H,7-10,12-13H2,1-6H3,(H,22,23,24). The first-order valence-electron chi connectivity index (χ1n) is 10.7. The van der Waals surface area contributed by atoms with Crippen LogP contribution in [0.25, 0.3) is 11.5 Å². The number of aromatic amines is 1. The zero-order valence-electron chi connectivity index (χ0n) is 19.0. The first-order valence-corrected chi connectivity index (χ1v) is 12.5. The van der Waals surface area contributed by atoms with Gasteiger partial charge in [-0.2, -0.15) is 10.2 Å². The van der Waals surface area contributed by atoms with E-state index in [4.69, 9.17) is 4.74 Å². The molecule has 1 fully saturated rings. The molecule has 1 N–H and O–H groups in total. The van der Waals surface area contributed by atoms with Gasteiger partial charge < -0.3 is 4.74 Å². The number of H-pyrrole nitrogens is 1. The number of aryl methyl sites for hydroxylation is 1. The van der Waals surface area contributed by atoms with Crippen molar-refractivity contribution in [2.24, 2.45) is 13.0 Å². The number of rotatable bonds is 7. The Morgan fingerprint density at radius 3 is 2.50 bits per heavy atom. The highest BCUT2D eigenvalue weighted by atomic mass is 32.2. The lowest BCUT2D eigenvalue weighted by atomic mass is 9.89. The van der Waals surface area contributed by atoms with Crippen LogP contribution in [0.3, 0.4) is 0 Å². The zero-order valence-corrected chi connectivity index (χ0v) is 19.8. The Kier molecular flexibility index (Phi) is 6.72. The van der Waals surface area contributed by atoms with E-state index >= 15 is 0 Å². The van der Waals surface area contributed by atoms with E-state index in [-0.39, 0.29) is 34.9 Å². The van der Waals surface area contributed by atoms with Crippen LogP contribution in [0.5, 0.6) is 0 Å². The van der Waals surface area contributed by atoms with Crippen LogP contribution in [0, 0.1) is 5.92 Å². The molecule has 2 aromatic heterocycles. The molecule has 168 valence electrons. The Morgan fingerprint density at radius 2 is 1.93 bits per heavy atom. The van der Waals surface area contributed by atoms with Crippen LogP contribution in [0.2, 0.25) is 0 Å². The highest BCUT2D eigenvalue weighted by molar-refractivity contribution is 7.91. The van der Waals surface area contributed by atoms with Gasteiger partial charge in [-0.15, -0.1) is 0 Å². The van der Waals surface area contributed by atoms with Crippen LogP contribution < -0.4 is 0 Å². The van der Waals surface area contributed by atoms with E-state index in [1.165, 1.54) is 0 Å². The number of hydrogen-bond acceptors (Lipinski definition) is 6. The average molecular weight is 438 g/mol. The minimum Gasteiger partial charge on any atom is -0.381 e. The van der Waals surface area contributed by atoms with Gasteiger partial charge in [-0.05, 0) is 37.7 Å². The number of methoxy groups -OCH3 is 1. The van der Waals surface area contributed by atoms with Crippen molar-refractivity contribution in [3.8, 4) is 11.5 Å². The van der Waals surface area contributed by atoms with Gasteiger partial charge in [-0.25, -0.2) is 13.4 Å². The third-order valence-corrected chi connectivity index (χ3v) is 7.95. The molecular formula is C21H35N5O3S. The maximum atomic E-state index is 12.8. The summed E-state index contributed by atoms with van der Waals surface area (Å²) in [4.78, 5) is 4.58. The molecule has 2 aromatic rings. The van der Waals surface area contributed by atoms with Gasteiger partial charge in [0.05, 0.1) is 23.3 Å². The van der Waals surface area contributed by atoms with Gasteiger partial charge >= 0.3 is 0 Å². The lowest BCUT2D eigenvalue weighted by Crippen LogP contribution is -2.27. The summed E-state index contributed by atoms with van der Waals surface area (Å²) in [6.07, 6.45) is 3.99. The molecule has 0 amide bonds. The number of aromatic nitrogens is 5. The molecule has 0 spiro atoms. The Balaban J connectivity index is 1.65. The largest absolute Gasteiger partial charge is 0.381 e. The van der Waals surface area contributed by atoms with Gasteiger partial charge in [0.1, 0.15) is 11.5 Å². The molecule has 3 rings (SSSR count). The van der Waals surface area contributed by atoms with Crippen molar-refractivity contribution in [2.75, 3.05) is 18.6 Å². The summed E-state index contributed by atoms with van der Waals surface area (Å²) in [6, 6.07) is 1.99. The van der Waals surface area contributed by atoms with Gasteiger partial charge in [0, 0.05) is 25.5 Å². The van der Waals surface area contributed by atoms with Crippen LogP contribution in [0.1, 0.15) is 70.8 Å². The minimum atomic E-state index is -3.18. The predicted molar refractivity (Wildman–Crippen MR) is 117 cm³/mol. The molecule has 0 radical (unpaired) electrons. The number of nitrogens with one attached hydrogen (secondary N) is 1. The fraction of sp³-hybridized carbons (Fsp3) is 0.762. The van der Waals surface area contributed by atoms with Crippen LogP contribution in [-0.4, -0.2) is 58.1 Å². The summed E-state index contributed by atoms with van der Waals surface area (Å²) in [5, 5.41) is 11.8. The molecule has 1 aliphatic rings. The van der Waals surface area contributed by atoms with E-state index in [0.29, 0.717) is 11.6 Å².